The Hall–Kier alpha value is -0.760. The molecule has 3 heteroatoms. The highest BCUT2D eigenvalue weighted by Gasteiger charge is 2.23. The van der Waals surface area contributed by atoms with Crippen LogP contribution in [0.5, 0.6) is 0 Å². The number of allylic oxidation sites excluding steroid dienone is 3. The third-order valence-corrected chi connectivity index (χ3v) is 5.19. The van der Waals surface area contributed by atoms with Crippen molar-refractivity contribution in [3.63, 3.8) is 0 Å². The van der Waals surface area contributed by atoms with E-state index in [2.05, 4.69) is 33.8 Å². The molecule has 0 fully saturated rings. The van der Waals surface area contributed by atoms with Gasteiger partial charge >= 0.3 is 5.97 Å². The average Bonchev–Trinajstić information content (AvgIpc) is 2.44. The predicted molar refractivity (Wildman–Crippen MR) is 98.8 cm³/mol. The Morgan fingerprint density at radius 2 is 2.04 bits per heavy atom. The largest absolute Gasteiger partial charge is 0.463 e. The van der Waals surface area contributed by atoms with Crippen LogP contribution in [-0.4, -0.2) is 17.5 Å². The van der Waals surface area contributed by atoms with Crippen LogP contribution < -0.4 is 0 Å². The molecule has 23 heavy (non-hydrogen) atoms. The lowest BCUT2D eigenvalue weighted by Gasteiger charge is -2.26. The Labute approximate surface area is 147 Å². The molecule has 1 aliphatic rings. The van der Waals surface area contributed by atoms with E-state index in [-0.39, 0.29) is 10.8 Å². The molecule has 0 saturated heterocycles. The molecule has 0 radical (unpaired) electrons. The van der Waals surface area contributed by atoms with Crippen LogP contribution in [0.4, 0.5) is 0 Å². The monoisotopic (exact) mass is 340 g/mol. The first-order valence-corrected chi connectivity index (χ1v) is 9.35. The zero-order valence-corrected chi connectivity index (χ0v) is 16.2. The van der Waals surface area contributed by atoms with Gasteiger partial charge in [0, 0.05) is 11.0 Å². The molecule has 2 unspecified atom stereocenters. The zero-order chi connectivity index (χ0) is 17.5. The summed E-state index contributed by atoms with van der Waals surface area (Å²) >= 11 is 6.39. The van der Waals surface area contributed by atoms with Crippen molar-refractivity contribution in [2.75, 3.05) is 6.61 Å². The third-order valence-electron chi connectivity index (χ3n) is 4.82. The molecule has 1 aliphatic carbocycles. The maximum Gasteiger partial charge on any atom is 0.331 e. The van der Waals surface area contributed by atoms with Gasteiger partial charge in [0.05, 0.1) is 6.61 Å². The Bertz CT molecular complexity index is 443. The summed E-state index contributed by atoms with van der Waals surface area (Å²) in [6, 6.07) is 0. The standard InChI is InChI=1S/C20H33ClO2/c1-6-23-19(22)14-18-9-7-8-17(13-18)12-15(2)10-11-16(3)20(4,5)21/h13-16H,6-12H2,1-5H3/b18-14+. The number of carbonyl (C=O) groups is 1. The van der Waals surface area contributed by atoms with Gasteiger partial charge in [0.25, 0.3) is 0 Å². The summed E-state index contributed by atoms with van der Waals surface area (Å²) in [7, 11) is 0. The Morgan fingerprint density at radius 3 is 2.65 bits per heavy atom. The van der Waals surface area contributed by atoms with Crippen molar-refractivity contribution in [1.82, 2.24) is 0 Å². The van der Waals surface area contributed by atoms with Crippen molar-refractivity contribution >= 4 is 17.6 Å². The molecule has 0 heterocycles. The first kappa shape index (κ1) is 20.3. The Morgan fingerprint density at radius 1 is 1.35 bits per heavy atom. The summed E-state index contributed by atoms with van der Waals surface area (Å²) in [5, 5.41) is 0. The third kappa shape index (κ3) is 8.06. The molecule has 0 spiro atoms. The first-order valence-electron chi connectivity index (χ1n) is 8.98. The Kier molecular flexibility index (Phi) is 8.39. The summed E-state index contributed by atoms with van der Waals surface area (Å²) < 4.78 is 5.00. The lowest BCUT2D eigenvalue weighted by atomic mass is 9.84. The van der Waals surface area contributed by atoms with Crippen molar-refractivity contribution in [3.8, 4) is 0 Å². The van der Waals surface area contributed by atoms with Crippen LogP contribution in [0.2, 0.25) is 0 Å². The number of hydrogen-bond acceptors (Lipinski definition) is 2. The lowest BCUT2D eigenvalue weighted by molar-refractivity contribution is -0.137. The molecule has 0 aromatic carbocycles. The van der Waals surface area contributed by atoms with Crippen LogP contribution in [-0.2, 0) is 9.53 Å². The summed E-state index contributed by atoms with van der Waals surface area (Å²) in [5.74, 6) is 0.960. The van der Waals surface area contributed by atoms with Crippen LogP contribution in [0, 0.1) is 11.8 Å². The summed E-state index contributed by atoms with van der Waals surface area (Å²) in [4.78, 5) is 11.4. The second-order valence-electron chi connectivity index (χ2n) is 7.48. The molecule has 0 aromatic heterocycles. The van der Waals surface area contributed by atoms with Gasteiger partial charge < -0.3 is 4.74 Å². The number of halogens is 1. The normalized spacial score (nSPS) is 20.1. The van der Waals surface area contributed by atoms with Gasteiger partial charge in [-0.3, -0.25) is 0 Å². The Balaban J connectivity index is 2.52. The van der Waals surface area contributed by atoms with Crippen molar-refractivity contribution in [2.45, 2.75) is 78.0 Å². The molecule has 0 amide bonds. The van der Waals surface area contributed by atoms with Crippen LogP contribution in [0.3, 0.4) is 0 Å². The van der Waals surface area contributed by atoms with E-state index in [4.69, 9.17) is 16.3 Å². The number of rotatable bonds is 8. The van der Waals surface area contributed by atoms with Gasteiger partial charge in [0.1, 0.15) is 0 Å². The minimum Gasteiger partial charge on any atom is -0.463 e. The highest BCUT2D eigenvalue weighted by atomic mass is 35.5. The number of carbonyl (C=O) groups excluding carboxylic acids is 1. The van der Waals surface area contributed by atoms with Crippen LogP contribution >= 0.6 is 11.6 Å². The maximum absolute atomic E-state index is 11.6. The van der Waals surface area contributed by atoms with E-state index in [9.17, 15) is 4.79 Å². The molecule has 0 N–H and O–H groups in total. The number of alkyl halides is 1. The van der Waals surface area contributed by atoms with E-state index in [0.717, 1.165) is 37.7 Å². The van der Waals surface area contributed by atoms with Crippen molar-refractivity contribution in [1.29, 1.82) is 0 Å². The van der Waals surface area contributed by atoms with Crippen molar-refractivity contribution in [3.05, 3.63) is 23.3 Å². The number of hydrogen-bond donors (Lipinski definition) is 0. The van der Waals surface area contributed by atoms with E-state index in [0.29, 0.717) is 18.4 Å². The molecule has 0 saturated carbocycles. The van der Waals surface area contributed by atoms with Gasteiger partial charge in [0.15, 0.2) is 0 Å². The van der Waals surface area contributed by atoms with E-state index < -0.39 is 0 Å². The average molecular weight is 341 g/mol. The molecule has 1 rings (SSSR count). The molecule has 2 nitrogen and oxygen atoms in total. The molecule has 0 aromatic rings. The first-order chi connectivity index (χ1) is 10.7. The van der Waals surface area contributed by atoms with E-state index in [1.54, 1.807) is 6.08 Å². The van der Waals surface area contributed by atoms with Gasteiger partial charge in [-0.25, -0.2) is 4.79 Å². The molecular weight excluding hydrogens is 308 g/mol. The quantitative estimate of drug-likeness (QED) is 0.305. The fourth-order valence-electron chi connectivity index (χ4n) is 2.96. The van der Waals surface area contributed by atoms with E-state index in [1.807, 2.05) is 6.92 Å². The summed E-state index contributed by atoms with van der Waals surface area (Å²) in [6.07, 6.45) is 10.6. The van der Waals surface area contributed by atoms with E-state index >= 15 is 0 Å². The molecule has 0 bridgehead atoms. The molecular formula is C20H33ClO2. The minimum atomic E-state index is -0.216. The van der Waals surface area contributed by atoms with Crippen LogP contribution in [0.1, 0.15) is 73.1 Å². The molecule has 132 valence electrons. The fraction of sp³-hybridized carbons (Fsp3) is 0.750. The zero-order valence-electron chi connectivity index (χ0n) is 15.5. The number of esters is 1. The molecule has 0 aliphatic heterocycles. The minimum absolute atomic E-state index is 0.126. The smallest absolute Gasteiger partial charge is 0.331 e. The lowest BCUT2D eigenvalue weighted by Crippen LogP contribution is -2.22. The summed E-state index contributed by atoms with van der Waals surface area (Å²) in [6.45, 7) is 11.0. The second-order valence-corrected chi connectivity index (χ2v) is 8.45. The van der Waals surface area contributed by atoms with Crippen molar-refractivity contribution < 1.29 is 9.53 Å². The van der Waals surface area contributed by atoms with Gasteiger partial charge in [-0.15, -0.1) is 11.6 Å². The maximum atomic E-state index is 11.6. The second kappa shape index (κ2) is 9.52. The summed E-state index contributed by atoms with van der Waals surface area (Å²) in [5.41, 5.74) is 2.59. The topological polar surface area (TPSA) is 26.3 Å². The van der Waals surface area contributed by atoms with Gasteiger partial charge in [-0.05, 0) is 70.3 Å². The highest BCUT2D eigenvalue weighted by Crippen LogP contribution is 2.32. The van der Waals surface area contributed by atoms with Gasteiger partial charge in [-0.1, -0.05) is 31.9 Å². The van der Waals surface area contributed by atoms with Crippen LogP contribution in [0.15, 0.2) is 23.3 Å². The highest BCUT2D eigenvalue weighted by molar-refractivity contribution is 6.23. The van der Waals surface area contributed by atoms with E-state index in [1.165, 1.54) is 12.0 Å². The molecule has 2 atom stereocenters. The van der Waals surface area contributed by atoms with Gasteiger partial charge in [-0.2, -0.15) is 0 Å². The SMILES string of the molecule is CCOC(=O)/C=C1/C=C(CC(C)CCC(C)C(C)(C)Cl)CCC1. The fourth-order valence-corrected chi connectivity index (χ4v) is 3.07. The predicted octanol–water partition coefficient (Wildman–Crippen LogP) is 6.05. The van der Waals surface area contributed by atoms with Crippen LogP contribution in [0.25, 0.3) is 0 Å². The number of ether oxygens (including phenoxy) is 1. The van der Waals surface area contributed by atoms with Crippen molar-refractivity contribution in [2.24, 2.45) is 11.8 Å². The van der Waals surface area contributed by atoms with Gasteiger partial charge in [0.2, 0.25) is 0 Å².